The van der Waals surface area contributed by atoms with Crippen molar-refractivity contribution in [3.63, 3.8) is 0 Å². The van der Waals surface area contributed by atoms with Crippen molar-refractivity contribution < 1.29 is 22.7 Å². The molecule has 0 aliphatic rings. The SMILES string of the molecule is CCOC(=O)c1ccc(Br)c(OC)c1N(CC)S(C)(=O)=O. The molecule has 1 aromatic rings. The lowest BCUT2D eigenvalue weighted by Gasteiger charge is -2.25. The summed E-state index contributed by atoms with van der Waals surface area (Å²) in [5.41, 5.74) is 0.319. The van der Waals surface area contributed by atoms with Gasteiger partial charge in [0.25, 0.3) is 0 Å². The van der Waals surface area contributed by atoms with Crippen molar-refractivity contribution in [3.8, 4) is 5.75 Å². The van der Waals surface area contributed by atoms with Crippen LogP contribution in [0.25, 0.3) is 0 Å². The van der Waals surface area contributed by atoms with Gasteiger partial charge in [0.05, 0.1) is 30.0 Å². The molecule has 1 aromatic carbocycles. The molecule has 0 fully saturated rings. The van der Waals surface area contributed by atoms with E-state index in [2.05, 4.69) is 15.9 Å². The van der Waals surface area contributed by atoms with Gasteiger partial charge < -0.3 is 9.47 Å². The van der Waals surface area contributed by atoms with E-state index in [1.165, 1.54) is 13.2 Å². The molecule has 0 saturated carbocycles. The highest BCUT2D eigenvalue weighted by atomic mass is 79.9. The number of hydrogen-bond acceptors (Lipinski definition) is 5. The van der Waals surface area contributed by atoms with Crippen LogP contribution in [0.15, 0.2) is 16.6 Å². The van der Waals surface area contributed by atoms with Gasteiger partial charge in [0.15, 0.2) is 5.75 Å². The molecule has 0 aliphatic heterocycles. The van der Waals surface area contributed by atoms with Gasteiger partial charge in [0.1, 0.15) is 5.69 Å². The Bertz CT molecular complexity index is 630. The van der Waals surface area contributed by atoms with E-state index in [-0.39, 0.29) is 30.2 Å². The van der Waals surface area contributed by atoms with Gasteiger partial charge in [-0.3, -0.25) is 4.31 Å². The number of anilines is 1. The fourth-order valence-corrected chi connectivity index (χ4v) is 3.38. The quantitative estimate of drug-likeness (QED) is 0.709. The highest BCUT2D eigenvalue weighted by molar-refractivity contribution is 9.10. The van der Waals surface area contributed by atoms with E-state index >= 15 is 0 Å². The van der Waals surface area contributed by atoms with Gasteiger partial charge in [-0.15, -0.1) is 0 Å². The van der Waals surface area contributed by atoms with Gasteiger partial charge in [-0.25, -0.2) is 13.2 Å². The molecular formula is C13H18BrNO5S. The molecule has 0 aromatic heterocycles. The summed E-state index contributed by atoms with van der Waals surface area (Å²) in [6, 6.07) is 3.12. The van der Waals surface area contributed by atoms with E-state index in [1.807, 2.05) is 0 Å². The molecule has 0 spiro atoms. The molecule has 6 nitrogen and oxygen atoms in total. The lowest BCUT2D eigenvalue weighted by molar-refractivity contribution is 0.0527. The Morgan fingerprint density at radius 2 is 1.95 bits per heavy atom. The summed E-state index contributed by atoms with van der Waals surface area (Å²) in [4.78, 5) is 12.1. The molecule has 0 N–H and O–H groups in total. The first kappa shape index (κ1) is 17.8. The van der Waals surface area contributed by atoms with Gasteiger partial charge in [-0.05, 0) is 41.9 Å². The number of carbonyl (C=O) groups excluding carboxylic acids is 1. The monoisotopic (exact) mass is 379 g/mol. The summed E-state index contributed by atoms with van der Waals surface area (Å²) in [6.45, 7) is 3.72. The summed E-state index contributed by atoms with van der Waals surface area (Å²) in [5.74, 6) is -0.326. The first-order chi connectivity index (χ1) is 9.77. The van der Waals surface area contributed by atoms with Gasteiger partial charge >= 0.3 is 5.97 Å². The maximum absolute atomic E-state index is 12.1. The van der Waals surface area contributed by atoms with Crippen LogP contribution in [0.1, 0.15) is 24.2 Å². The number of esters is 1. The molecule has 0 aliphatic carbocycles. The molecule has 0 radical (unpaired) electrons. The zero-order chi connectivity index (χ0) is 16.2. The number of benzene rings is 1. The summed E-state index contributed by atoms with van der Waals surface area (Å²) in [6.07, 6.45) is 1.08. The second kappa shape index (κ2) is 7.13. The minimum atomic E-state index is -3.56. The molecule has 1 rings (SSSR count). The molecule has 0 atom stereocenters. The maximum atomic E-state index is 12.1. The summed E-state index contributed by atoms with van der Waals surface area (Å²) in [5, 5.41) is 0. The zero-order valence-corrected chi connectivity index (χ0v) is 14.7. The third-order valence-electron chi connectivity index (χ3n) is 2.72. The molecule has 0 unspecified atom stereocenters. The molecule has 0 saturated heterocycles. The average molecular weight is 380 g/mol. The van der Waals surface area contributed by atoms with Crippen LogP contribution in [0.2, 0.25) is 0 Å². The number of carbonyl (C=O) groups is 1. The van der Waals surface area contributed by atoms with E-state index in [0.29, 0.717) is 4.47 Å². The Hall–Kier alpha value is -1.28. The van der Waals surface area contributed by atoms with Gasteiger partial charge in [0.2, 0.25) is 10.0 Å². The molecule has 0 heterocycles. The Balaban J connectivity index is 3.64. The number of halogens is 1. The highest BCUT2D eigenvalue weighted by Crippen LogP contribution is 2.40. The minimum absolute atomic E-state index is 0.143. The maximum Gasteiger partial charge on any atom is 0.340 e. The van der Waals surface area contributed by atoms with Crippen molar-refractivity contribution in [1.82, 2.24) is 0 Å². The van der Waals surface area contributed by atoms with Gasteiger partial charge in [-0.2, -0.15) is 0 Å². The second-order valence-electron chi connectivity index (χ2n) is 4.13. The Morgan fingerprint density at radius 1 is 1.33 bits per heavy atom. The molecule has 8 heteroatoms. The van der Waals surface area contributed by atoms with Crippen molar-refractivity contribution in [3.05, 3.63) is 22.2 Å². The van der Waals surface area contributed by atoms with Crippen LogP contribution in [-0.4, -0.2) is 40.9 Å². The van der Waals surface area contributed by atoms with Crippen molar-refractivity contribution in [2.24, 2.45) is 0 Å². The lowest BCUT2D eigenvalue weighted by atomic mass is 10.1. The Morgan fingerprint density at radius 3 is 2.38 bits per heavy atom. The van der Waals surface area contributed by atoms with Crippen LogP contribution >= 0.6 is 15.9 Å². The van der Waals surface area contributed by atoms with Crippen LogP contribution < -0.4 is 9.04 Å². The first-order valence-electron chi connectivity index (χ1n) is 6.29. The third-order valence-corrected chi connectivity index (χ3v) is 4.59. The molecule has 0 bridgehead atoms. The predicted octanol–water partition coefficient (Wildman–Crippen LogP) is 2.42. The second-order valence-corrected chi connectivity index (χ2v) is 6.89. The highest BCUT2D eigenvalue weighted by Gasteiger charge is 2.28. The third kappa shape index (κ3) is 3.88. The normalized spacial score (nSPS) is 11.1. The fraction of sp³-hybridized carbons (Fsp3) is 0.462. The van der Waals surface area contributed by atoms with Crippen molar-refractivity contribution in [2.75, 3.05) is 30.8 Å². The fourth-order valence-electron chi connectivity index (χ4n) is 1.92. The molecule has 0 amide bonds. The number of ether oxygens (including phenoxy) is 2. The lowest BCUT2D eigenvalue weighted by Crippen LogP contribution is -2.31. The smallest absolute Gasteiger partial charge is 0.340 e. The van der Waals surface area contributed by atoms with Crippen molar-refractivity contribution >= 4 is 37.6 Å². The van der Waals surface area contributed by atoms with Crippen LogP contribution in [0.5, 0.6) is 5.75 Å². The topological polar surface area (TPSA) is 72.9 Å². The largest absolute Gasteiger partial charge is 0.493 e. The standard InChI is InChI=1S/C13H18BrNO5S/c1-5-15(21(4,17)18)11-9(13(16)20-6-2)7-8-10(14)12(11)19-3/h7-8H,5-6H2,1-4H3. The van der Waals surface area contributed by atoms with E-state index in [4.69, 9.17) is 9.47 Å². The van der Waals surface area contributed by atoms with E-state index < -0.39 is 16.0 Å². The van der Waals surface area contributed by atoms with E-state index in [9.17, 15) is 13.2 Å². The number of rotatable bonds is 6. The van der Waals surface area contributed by atoms with Crippen LogP contribution in [0.4, 0.5) is 5.69 Å². The first-order valence-corrected chi connectivity index (χ1v) is 8.93. The number of methoxy groups -OCH3 is 1. The summed E-state index contributed by atoms with van der Waals surface area (Å²) < 4.78 is 35.9. The van der Waals surface area contributed by atoms with Gasteiger partial charge in [-0.1, -0.05) is 0 Å². The number of hydrogen-bond donors (Lipinski definition) is 0. The van der Waals surface area contributed by atoms with Gasteiger partial charge in [0, 0.05) is 6.54 Å². The van der Waals surface area contributed by atoms with E-state index in [1.54, 1.807) is 19.9 Å². The molecule has 118 valence electrons. The van der Waals surface area contributed by atoms with Crippen molar-refractivity contribution in [2.45, 2.75) is 13.8 Å². The predicted molar refractivity (Wildman–Crippen MR) is 84.5 cm³/mol. The molecule has 21 heavy (non-hydrogen) atoms. The Labute approximate surface area is 133 Å². The van der Waals surface area contributed by atoms with Crippen molar-refractivity contribution in [1.29, 1.82) is 0 Å². The van der Waals surface area contributed by atoms with Crippen LogP contribution in [0.3, 0.4) is 0 Å². The van der Waals surface area contributed by atoms with Crippen LogP contribution in [-0.2, 0) is 14.8 Å². The number of sulfonamides is 1. The summed E-state index contributed by atoms with van der Waals surface area (Å²) in [7, 11) is -2.15. The van der Waals surface area contributed by atoms with E-state index in [0.717, 1.165) is 10.6 Å². The number of nitrogens with zero attached hydrogens (tertiary/aromatic N) is 1. The zero-order valence-electron chi connectivity index (χ0n) is 12.3. The Kier molecular flexibility index (Phi) is 6.03. The van der Waals surface area contributed by atoms with Crippen LogP contribution in [0, 0.1) is 0 Å². The molecular weight excluding hydrogens is 362 g/mol. The summed E-state index contributed by atoms with van der Waals surface area (Å²) >= 11 is 3.30. The average Bonchev–Trinajstić information content (AvgIpc) is 2.38. The minimum Gasteiger partial charge on any atom is -0.493 e.